The molecule has 2 aromatic carbocycles. The fourth-order valence-electron chi connectivity index (χ4n) is 5.43. The number of fused-ring (bicyclic) bond motifs is 1. The Kier molecular flexibility index (Phi) is 11.5. The van der Waals surface area contributed by atoms with E-state index in [9.17, 15) is 9.59 Å². The molecule has 2 aromatic rings. The van der Waals surface area contributed by atoms with Crippen molar-refractivity contribution in [1.29, 1.82) is 5.41 Å². The number of carbonyl (C=O) groups is 2. The van der Waals surface area contributed by atoms with Gasteiger partial charge in [-0.3, -0.25) is 10.2 Å². The monoisotopic (exact) mass is 663 g/mol. The van der Waals surface area contributed by atoms with E-state index in [0.717, 1.165) is 37.2 Å². The maximum Gasteiger partial charge on any atom is 0.344 e. The highest BCUT2D eigenvalue weighted by Crippen LogP contribution is 2.42. The highest BCUT2D eigenvalue weighted by molar-refractivity contribution is 8.93. The minimum absolute atomic E-state index is 0. The van der Waals surface area contributed by atoms with Crippen LogP contribution in [0.1, 0.15) is 81.4 Å². The summed E-state index contributed by atoms with van der Waals surface area (Å²) in [6.45, 7) is 13.8. The second kappa shape index (κ2) is 14.4. The van der Waals surface area contributed by atoms with Crippen molar-refractivity contribution in [3.63, 3.8) is 0 Å². The number of ether oxygens (including phenoxy) is 4. The molecular formula is C32H43BrFN3O6. The van der Waals surface area contributed by atoms with E-state index < -0.39 is 17.2 Å². The quantitative estimate of drug-likeness (QED) is 0.216. The Bertz CT molecular complexity index is 1350. The zero-order chi connectivity index (χ0) is 30.6. The fourth-order valence-corrected chi connectivity index (χ4v) is 5.43. The molecule has 1 saturated heterocycles. The number of carbonyl (C=O) groups excluding carboxylic acids is 2. The molecule has 236 valence electrons. The second-order valence-electron chi connectivity index (χ2n) is 11.5. The number of anilines is 1. The van der Waals surface area contributed by atoms with Crippen molar-refractivity contribution in [2.45, 2.75) is 66.3 Å². The molecule has 0 aromatic heterocycles. The van der Waals surface area contributed by atoms with E-state index in [4.69, 9.17) is 24.4 Å². The predicted molar refractivity (Wildman–Crippen MR) is 169 cm³/mol. The SMILES string of the molecule is Br.CCOC(=O)COc1c(N2CCCC2)cc(C(=O)CN2Cc3cc(OCC)c(OCC)c(F)c3C2=N)cc1C(C)(C)C. The average Bonchev–Trinajstić information content (AvgIpc) is 3.57. The van der Waals surface area contributed by atoms with Gasteiger partial charge in [-0.2, -0.15) is 0 Å². The third-order valence-electron chi connectivity index (χ3n) is 7.39. The normalized spacial score (nSPS) is 14.3. The van der Waals surface area contributed by atoms with Crippen LogP contribution in [0.3, 0.4) is 0 Å². The molecule has 0 radical (unpaired) electrons. The molecule has 2 heterocycles. The number of rotatable bonds is 12. The summed E-state index contributed by atoms with van der Waals surface area (Å²) in [6, 6.07) is 5.33. The molecule has 0 amide bonds. The van der Waals surface area contributed by atoms with E-state index in [2.05, 4.69) is 4.90 Å². The highest BCUT2D eigenvalue weighted by Gasteiger charge is 2.34. The van der Waals surface area contributed by atoms with Gasteiger partial charge in [0.25, 0.3) is 0 Å². The molecule has 2 aliphatic heterocycles. The molecular weight excluding hydrogens is 621 g/mol. The number of nitrogens with one attached hydrogen (secondary N) is 1. The lowest BCUT2D eigenvalue weighted by Crippen LogP contribution is -2.31. The van der Waals surface area contributed by atoms with Crippen LogP contribution in [0.4, 0.5) is 10.1 Å². The third-order valence-corrected chi connectivity index (χ3v) is 7.39. The van der Waals surface area contributed by atoms with Gasteiger partial charge in [0.1, 0.15) is 11.6 Å². The Morgan fingerprint density at radius 1 is 0.953 bits per heavy atom. The Balaban J connectivity index is 0.00000506. The number of ketones is 1. The van der Waals surface area contributed by atoms with Crippen molar-refractivity contribution in [1.82, 2.24) is 4.90 Å². The van der Waals surface area contributed by atoms with Gasteiger partial charge >= 0.3 is 5.97 Å². The Hall–Kier alpha value is -3.34. The van der Waals surface area contributed by atoms with Crippen LogP contribution >= 0.6 is 17.0 Å². The van der Waals surface area contributed by atoms with Crippen LogP contribution in [0, 0.1) is 11.2 Å². The van der Waals surface area contributed by atoms with E-state index in [-0.39, 0.29) is 72.8 Å². The minimum Gasteiger partial charge on any atom is -0.490 e. The number of amidine groups is 1. The summed E-state index contributed by atoms with van der Waals surface area (Å²) in [5.41, 5.74) is 2.34. The largest absolute Gasteiger partial charge is 0.490 e. The van der Waals surface area contributed by atoms with Gasteiger partial charge in [-0.1, -0.05) is 20.8 Å². The molecule has 0 atom stereocenters. The van der Waals surface area contributed by atoms with E-state index in [1.165, 1.54) is 0 Å². The highest BCUT2D eigenvalue weighted by atomic mass is 79.9. The lowest BCUT2D eigenvalue weighted by Gasteiger charge is -2.29. The number of benzene rings is 2. The van der Waals surface area contributed by atoms with Crippen LogP contribution < -0.4 is 19.1 Å². The average molecular weight is 665 g/mol. The van der Waals surface area contributed by atoms with Crippen molar-refractivity contribution in [3.8, 4) is 17.2 Å². The molecule has 4 rings (SSSR count). The first-order valence-corrected chi connectivity index (χ1v) is 14.7. The summed E-state index contributed by atoms with van der Waals surface area (Å²) >= 11 is 0. The minimum atomic E-state index is -0.646. The molecule has 0 bridgehead atoms. The van der Waals surface area contributed by atoms with Crippen LogP contribution in [-0.4, -0.2) is 68.5 Å². The van der Waals surface area contributed by atoms with Crippen LogP contribution in [0.25, 0.3) is 0 Å². The second-order valence-corrected chi connectivity index (χ2v) is 11.5. The standard InChI is InChI=1S/C32H42FN3O6.BrH/c1-7-39-25-16-21-17-36(31(34)27(21)28(33)30(25)41-9-3)18-24(37)20-14-22(32(4,5)6)29(42-19-26(38)40-8-2)23(15-20)35-12-10-11-13-35;/h14-16,34H,7-13,17-19H2,1-6H3;1H. The van der Waals surface area contributed by atoms with Gasteiger partial charge in [0.05, 0.1) is 37.6 Å². The van der Waals surface area contributed by atoms with Crippen LogP contribution in [-0.2, 0) is 21.5 Å². The van der Waals surface area contributed by atoms with Gasteiger partial charge < -0.3 is 28.7 Å². The first kappa shape index (κ1) is 34.2. The lowest BCUT2D eigenvalue weighted by molar-refractivity contribution is -0.145. The smallest absolute Gasteiger partial charge is 0.344 e. The van der Waals surface area contributed by atoms with E-state index in [0.29, 0.717) is 29.2 Å². The van der Waals surface area contributed by atoms with E-state index in [1.807, 2.05) is 39.8 Å². The number of hydrogen-bond acceptors (Lipinski definition) is 8. The van der Waals surface area contributed by atoms with Gasteiger partial charge in [0.2, 0.25) is 0 Å². The summed E-state index contributed by atoms with van der Waals surface area (Å²) in [5.74, 6) is -0.517. The predicted octanol–water partition coefficient (Wildman–Crippen LogP) is 6.06. The van der Waals surface area contributed by atoms with Crippen molar-refractivity contribution in [2.24, 2.45) is 0 Å². The number of hydrogen-bond donors (Lipinski definition) is 1. The first-order chi connectivity index (χ1) is 20.0. The third kappa shape index (κ3) is 7.42. The molecule has 0 aliphatic carbocycles. The molecule has 0 unspecified atom stereocenters. The number of halogens is 2. The van der Waals surface area contributed by atoms with Crippen LogP contribution in [0.15, 0.2) is 18.2 Å². The summed E-state index contributed by atoms with van der Waals surface area (Å²) in [4.78, 5) is 29.7. The van der Waals surface area contributed by atoms with Gasteiger partial charge in [0.15, 0.2) is 29.7 Å². The maximum atomic E-state index is 15.6. The van der Waals surface area contributed by atoms with Gasteiger partial charge in [-0.05, 0) is 62.8 Å². The summed E-state index contributed by atoms with van der Waals surface area (Å²) in [5, 5.41) is 8.73. The topological polar surface area (TPSA) is 101 Å². The number of esters is 1. The molecule has 9 nitrogen and oxygen atoms in total. The molecule has 0 spiro atoms. The zero-order valence-electron chi connectivity index (χ0n) is 25.9. The fraction of sp³-hybridized carbons (Fsp3) is 0.531. The summed E-state index contributed by atoms with van der Waals surface area (Å²) in [6.07, 6.45) is 2.03. The molecule has 43 heavy (non-hydrogen) atoms. The lowest BCUT2D eigenvalue weighted by atomic mass is 9.84. The first-order valence-electron chi connectivity index (χ1n) is 14.7. The Morgan fingerprint density at radius 2 is 1.63 bits per heavy atom. The maximum absolute atomic E-state index is 15.6. The Labute approximate surface area is 263 Å². The molecule has 1 N–H and O–H groups in total. The van der Waals surface area contributed by atoms with Crippen molar-refractivity contribution < 1.29 is 32.9 Å². The molecule has 2 aliphatic rings. The van der Waals surface area contributed by atoms with Crippen LogP contribution in [0.2, 0.25) is 0 Å². The molecule has 1 fully saturated rings. The Morgan fingerprint density at radius 3 is 2.23 bits per heavy atom. The van der Waals surface area contributed by atoms with Crippen molar-refractivity contribution in [3.05, 3.63) is 46.3 Å². The summed E-state index contributed by atoms with van der Waals surface area (Å²) < 4.78 is 37.9. The summed E-state index contributed by atoms with van der Waals surface area (Å²) in [7, 11) is 0. The molecule has 0 saturated carbocycles. The number of nitrogens with zero attached hydrogens (tertiary/aromatic N) is 2. The van der Waals surface area contributed by atoms with E-state index in [1.54, 1.807) is 24.8 Å². The van der Waals surface area contributed by atoms with Gasteiger partial charge in [-0.15, -0.1) is 17.0 Å². The molecule has 11 heteroatoms. The number of Topliss-reactive ketones (excluding diaryl/α,β-unsaturated/α-hetero) is 1. The van der Waals surface area contributed by atoms with Crippen molar-refractivity contribution >= 4 is 40.3 Å². The van der Waals surface area contributed by atoms with Crippen LogP contribution in [0.5, 0.6) is 17.2 Å². The van der Waals surface area contributed by atoms with Gasteiger partial charge in [0, 0.05) is 30.8 Å². The zero-order valence-corrected chi connectivity index (χ0v) is 27.6. The van der Waals surface area contributed by atoms with Crippen molar-refractivity contribution in [2.75, 3.05) is 51.0 Å². The van der Waals surface area contributed by atoms with Gasteiger partial charge in [-0.25, -0.2) is 9.18 Å². The van der Waals surface area contributed by atoms with E-state index >= 15 is 4.39 Å².